The fourth-order valence-electron chi connectivity index (χ4n) is 3.09. The highest BCUT2D eigenvalue weighted by Crippen LogP contribution is 2.34. The van der Waals surface area contributed by atoms with E-state index >= 15 is 0 Å². The maximum absolute atomic E-state index is 13.0. The number of aromatic hydroxyl groups is 1. The number of aromatic nitrogens is 1. The minimum atomic E-state index is -4.46. The molecule has 0 saturated heterocycles. The molecular weight excluding hydrogens is 436 g/mol. The summed E-state index contributed by atoms with van der Waals surface area (Å²) in [4.78, 5) is 56.2. The Bertz CT molecular complexity index is 1130. The number of aliphatic hydroxyl groups is 1. The van der Waals surface area contributed by atoms with Crippen LogP contribution in [0.25, 0.3) is 0 Å². The fraction of sp³-hybridized carbons (Fsp3) is 0.278. The molecule has 5 N–H and O–H groups in total. The van der Waals surface area contributed by atoms with Crippen molar-refractivity contribution < 1.29 is 38.5 Å². The van der Waals surface area contributed by atoms with Gasteiger partial charge in [-0.3, -0.25) is 18.9 Å². The number of aliphatic hydroxyl groups excluding tert-OH is 1. The SMILES string of the molecule is O=C(NCc1ccc(F)cc1)c1cn2c(c(O)c1=O)C(=O)N(CCP(=O)(O)O)C(O)C2. The first kappa shape index (κ1) is 22.6. The number of pyridine rings is 1. The van der Waals surface area contributed by atoms with Crippen LogP contribution in [0.5, 0.6) is 5.75 Å². The number of hydrogen-bond acceptors (Lipinski definition) is 6. The van der Waals surface area contributed by atoms with Crippen LogP contribution in [0.1, 0.15) is 26.4 Å². The molecule has 11 nitrogen and oxygen atoms in total. The second-order valence-corrected chi connectivity index (χ2v) is 8.67. The molecule has 3 rings (SSSR count). The van der Waals surface area contributed by atoms with Crippen LogP contribution in [-0.2, 0) is 17.7 Å². The summed E-state index contributed by atoms with van der Waals surface area (Å²) in [5, 5.41) is 22.9. The number of nitrogens with zero attached hydrogens (tertiary/aromatic N) is 2. The Labute approximate surface area is 174 Å². The lowest BCUT2D eigenvalue weighted by atomic mass is 10.1. The van der Waals surface area contributed by atoms with E-state index in [0.717, 1.165) is 15.7 Å². The number of halogens is 1. The lowest BCUT2D eigenvalue weighted by molar-refractivity contribution is -0.00987. The highest BCUT2D eigenvalue weighted by molar-refractivity contribution is 7.51. The third-order valence-corrected chi connectivity index (χ3v) is 5.47. The molecule has 166 valence electrons. The highest BCUT2D eigenvalue weighted by atomic mass is 31.2. The molecule has 2 heterocycles. The third-order valence-electron chi connectivity index (χ3n) is 4.68. The molecule has 0 spiro atoms. The Kier molecular flexibility index (Phi) is 6.27. The average molecular weight is 455 g/mol. The second-order valence-electron chi connectivity index (χ2n) is 6.90. The van der Waals surface area contributed by atoms with Crippen molar-refractivity contribution in [1.82, 2.24) is 14.8 Å². The van der Waals surface area contributed by atoms with Crippen LogP contribution >= 0.6 is 7.60 Å². The van der Waals surface area contributed by atoms with Gasteiger partial charge in [0, 0.05) is 19.3 Å². The number of rotatable bonds is 6. The van der Waals surface area contributed by atoms with E-state index in [4.69, 9.17) is 9.79 Å². The van der Waals surface area contributed by atoms with Gasteiger partial charge in [0.15, 0.2) is 11.4 Å². The average Bonchev–Trinajstić information content (AvgIpc) is 2.68. The van der Waals surface area contributed by atoms with E-state index < -0.39 is 66.6 Å². The molecule has 2 amide bonds. The van der Waals surface area contributed by atoms with Crippen LogP contribution < -0.4 is 10.7 Å². The number of amides is 2. The standard InChI is InChI=1S/C18H19FN3O8P/c19-11-3-1-10(2-4-11)7-20-17(26)12-8-21-9-13(23)22(5-6-31(28,29)30)18(27)14(21)16(25)15(12)24/h1-4,8,13,23,25H,5-7,9H2,(H,20,26)(H2,28,29,30). The molecule has 0 fully saturated rings. The van der Waals surface area contributed by atoms with Crippen molar-refractivity contribution in [2.75, 3.05) is 12.7 Å². The van der Waals surface area contributed by atoms with Gasteiger partial charge in [-0.25, -0.2) is 4.39 Å². The molecule has 1 aromatic carbocycles. The van der Waals surface area contributed by atoms with Gasteiger partial charge in [0.05, 0.1) is 12.7 Å². The summed E-state index contributed by atoms with van der Waals surface area (Å²) in [6.45, 7) is -0.870. The number of benzene rings is 1. The van der Waals surface area contributed by atoms with Crippen molar-refractivity contribution in [2.24, 2.45) is 0 Å². The van der Waals surface area contributed by atoms with Crippen LogP contribution in [0.2, 0.25) is 0 Å². The van der Waals surface area contributed by atoms with Crippen LogP contribution in [0.4, 0.5) is 4.39 Å². The van der Waals surface area contributed by atoms with E-state index in [-0.39, 0.29) is 13.1 Å². The predicted molar refractivity (Wildman–Crippen MR) is 104 cm³/mol. The summed E-state index contributed by atoms with van der Waals surface area (Å²) in [6, 6.07) is 5.28. The molecule has 1 unspecified atom stereocenters. The molecule has 1 aliphatic rings. The highest BCUT2D eigenvalue weighted by Gasteiger charge is 2.36. The Morgan fingerprint density at radius 2 is 1.87 bits per heavy atom. The minimum absolute atomic E-state index is 0.0290. The molecule has 31 heavy (non-hydrogen) atoms. The smallest absolute Gasteiger partial charge is 0.327 e. The van der Waals surface area contributed by atoms with Crippen molar-refractivity contribution in [2.45, 2.75) is 19.3 Å². The minimum Gasteiger partial charge on any atom is -0.503 e. The number of fused-ring (bicyclic) bond motifs is 1. The van der Waals surface area contributed by atoms with E-state index in [1.807, 2.05) is 0 Å². The van der Waals surface area contributed by atoms with Crippen LogP contribution in [-0.4, -0.2) is 60.2 Å². The van der Waals surface area contributed by atoms with E-state index in [2.05, 4.69) is 5.32 Å². The van der Waals surface area contributed by atoms with Gasteiger partial charge in [0.1, 0.15) is 17.6 Å². The summed E-state index contributed by atoms with van der Waals surface area (Å²) in [6.07, 6.45) is -1.20. The summed E-state index contributed by atoms with van der Waals surface area (Å²) < 4.78 is 25.0. The van der Waals surface area contributed by atoms with Crippen molar-refractivity contribution in [3.05, 3.63) is 63.3 Å². The summed E-state index contributed by atoms with van der Waals surface area (Å²) >= 11 is 0. The topological polar surface area (TPSA) is 169 Å². The number of nitrogens with one attached hydrogen (secondary N) is 1. The number of carbonyl (C=O) groups excluding carboxylic acids is 2. The largest absolute Gasteiger partial charge is 0.503 e. The van der Waals surface area contributed by atoms with E-state index in [1.54, 1.807) is 0 Å². The normalized spacial score (nSPS) is 16.2. The second kappa shape index (κ2) is 8.60. The number of hydrogen-bond donors (Lipinski definition) is 5. The van der Waals surface area contributed by atoms with E-state index in [0.29, 0.717) is 5.56 Å². The lowest BCUT2D eigenvalue weighted by Crippen LogP contribution is -2.50. The molecular formula is C18H19FN3O8P. The quantitative estimate of drug-likeness (QED) is 0.366. The van der Waals surface area contributed by atoms with Crippen LogP contribution in [0, 0.1) is 5.82 Å². The number of carbonyl (C=O) groups is 2. The van der Waals surface area contributed by atoms with E-state index in [1.165, 1.54) is 24.3 Å². The maximum atomic E-state index is 13.0. The zero-order valence-electron chi connectivity index (χ0n) is 15.9. The first-order valence-corrected chi connectivity index (χ1v) is 10.8. The van der Waals surface area contributed by atoms with Gasteiger partial charge < -0.3 is 34.8 Å². The zero-order chi connectivity index (χ0) is 22.9. The first-order valence-electron chi connectivity index (χ1n) is 9.00. The van der Waals surface area contributed by atoms with Crippen LogP contribution in [0.15, 0.2) is 35.3 Å². The summed E-state index contributed by atoms with van der Waals surface area (Å²) in [7, 11) is -4.46. The first-order chi connectivity index (χ1) is 14.5. The molecule has 0 radical (unpaired) electrons. The molecule has 2 aromatic rings. The van der Waals surface area contributed by atoms with Gasteiger partial charge in [0.25, 0.3) is 11.8 Å². The summed E-state index contributed by atoms with van der Waals surface area (Å²) in [5.41, 5.74) is -1.55. The van der Waals surface area contributed by atoms with Crippen molar-refractivity contribution >= 4 is 19.4 Å². The maximum Gasteiger partial charge on any atom is 0.327 e. The van der Waals surface area contributed by atoms with Crippen molar-refractivity contribution in [3.63, 3.8) is 0 Å². The van der Waals surface area contributed by atoms with Crippen LogP contribution in [0.3, 0.4) is 0 Å². The van der Waals surface area contributed by atoms with Gasteiger partial charge in [-0.05, 0) is 17.7 Å². The Morgan fingerprint density at radius 1 is 1.23 bits per heavy atom. The molecule has 0 saturated carbocycles. The Balaban J connectivity index is 1.84. The molecule has 0 bridgehead atoms. The van der Waals surface area contributed by atoms with Crippen molar-refractivity contribution in [1.29, 1.82) is 0 Å². The van der Waals surface area contributed by atoms with Gasteiger partial charge in [-0.15, -0.1) is 0 Å². The molecule has 13 heteroatoms. The Hall–Kier alpha value is -3.05. The summed E-state index contributed by atoms with van der Waals surface area (Å²) in [5.74, 6) is -3.34. The zero-order valence-corrected chi connectivity index (χ0v) is 16.8. The fourth-order valence-corrected chi connectivity index (χ4v) is 3.57. The van der Waals surface area contributed by atoms with Crippen molar-refractivity contribution in [3.8, 4) is 5.75 Å². The third kappa shape index (κ3) is 5.00. The Morgan fingerprint density at radius 3 is 2.48 bits per heavy atom. The lowest BCUT2D eigenvalue weighted by Gasteiger charge is -2.34. The van der Waals surface area contributed by atoms with Gasteiger partial charge in [-0.2, -0.15) is 0 Å². The predicted octanol–water partition coefficient (Wildman–Crippen LogP) is -0.425. The van der Waals surface area contributed by atoms with Gasteiger partial charge >= 0.3 is 7.60 Å². The van der Waals surface area contributed by atoms with Gasteiger partial charge in [-0.1, -0.05) is 12.1 Å². The monoisotopic (exact) mass is 455 g/mol. The van der Waals surface area contributed by atoms with E-state index in [9.17, 15) is 33.6 Å². The molecule has 1 aliphatic heterocycles. The molecule has 1 atom stereocenters. The molecule has 1 aromatic heterocycles. The molecule has 0 aliphatic carbocycles. The van der Waals surface area contributed by atoms with Gasteiger partial charge in [0.2, 0.25) is 5.43 Å².